The molecule has 1 aromatic rings. The van der Waals surface area contributed by atoms with Crippen LogP contribution in [-0.2, 0) is 0 Å². The lowest BCUT2D eigenvalue weighted by molar-refractivity contribution is 0.628. The molecule has 0 atom stereocenters. The monoisotopic (exact) mass is 176 g/mol. The summed E-state index contributed by atoms with van der Waals surface area (Å²) in [6, 6.07) is 4.43. The molecule has 0 amide bonds. The normalized spacial score (nSPS) is 8.64. The number of hydrogen-bond acceptors (Lipinski definition) is 2. The molecule has 0 unspecified atom stereocenters. The first kappa shape index (κ1) is 10.2. The number of nitrogens with one attached hydrogen (secondary N) is 1. The maximum Gasteiger partial charge on any atom is 0.125 e. The van der Waals surface area contributed by atoms with E-state index in [2.05, 4.69) is 5.43 Å². The van der Waals surface area contributed by atoms with Crippen LogP contribution in [0.5, 0.6) is 0 Å². The molecule has 2 nitrogen and oxygen atoms in total. The van der Waals surface area contributed by atoms with Gasteiger partial charge in [-0.15, -0.1) is 12.4 Å². The fourth-order valence-electron chi connectivity index (χ4n) is 0.750. The summed E-state index contributed by atoms with van der Waals surface area (Å²) < 4.78 is 12.4. The highest BCUT2D eigenvalue weighted by atomic mass is 35.5. The molecular weight excluding hydrogens is 167 g/mol. The molecule has 4 heteroatoms. The van der Waals surface area contributed by atoms with Crippen LogP contribution in [0.15, 0.2) is 18.2 Å². The van der Waals surface area contributed by atoms with Crippen LogP contribution < -0.4 is 11.3 Å². The van der Waals surface area contributed by atoms with Crippen molar-refractivity contribution < 1.29 is 4.39 Å². The van der Waals surface area contributed by atoms with Crippen LogP contribution in [0.25, 0.3) is 0 Å². The van der Waals surface area contributed by atoms with Crippen molar-refractivity contribution >= 4 is 18.1 Å². The topological polar surface area (TPSA) is 38.0 Å². The van der Waals surface area contributed by atoms with E-state index < -0.39 is 0 Å². The van der Waals surface area contributed by atoms with Gasteiger partial charge in [0.25, 0.3) is 0 Å². The number of nitrogens with two attached hydrogens (primary N) is 1. The minimum absolute atomic E-state index is 0. The third kappa shape index (κ3) is 2.37. The second-order valence-corrected chi connectivity index (χ2v) is 2.10. The SMILES string of the molecule is Cc1ccc(F)cc1NN.Cl. The van der Waals surface area contributed by atoms with Gasteiger partial charge in [-0.1, -0.05) is 6.07 Å². The molecule has 0 bridgehead atoms. The molecule has 62 valence electrons. The van der Waals surface area contributed by atoms with Crippen molar-refractivity contribution in [1.82, 2.24) is 0 Å². The number of rotatable bonds is 1. The summed E-state index contributed by atoms with van der Waals surface area (Å²) in [4.78, 5) is 0. The van der Waals surface area contributed by atoms with E-state index in [0.29, 0.717) is 5.69 Å². The van der Waals surface area contributed by atoms with Crippen LogP contribution >= 0.6 is 12.4 Å². The third-order valence-electron chi connectivity index (χ3n) is 1.36. The molecule has 0 heterocycles. The van der Waals surface area contributed by atoms with Crippen LogP contribution in [0.1, 0.15) is 5.56 Å². The van der Waals surface area contributed by atoms with Gasteiger partial charge in [-0.2, -0.15) is 0 Å². The summed E-state index contributed by atoms with van der Waals surface area (Å²) in [5, 5.41) is 0. The zero-order valence-electron chi connectivity index (χ0n) is 6.10. The van der Waals surface area contributed by atoms with Crippen molar-refractivity contribution in [2.24, 2.45) is 5.84 Å². The minimum Gasteiger partial charge on any atom is -0.324 e. The average Bonchev–Trinajstić information content (AvgIpc) is 1.94. The average molecular weight is 177 g/mol. The number of halogens is 2. The van der Waals surface area contributed by atoms with E-state index in [-0.39, 0.29) is 18.2 Å². The summed E-state index contributed by atoms with van der Waals surface area (Å²) in [7, 11) is 0. The zero-order chi connectivity index (χ0) is 7.56. The highest BCUT2D eigenvalue weighted by molar-refractivity contribution is 5.85. The van der Waals surface area contributed by atoms with Gasteiger partial charge < -0.3 is 5.43 Å². The molecule has 0 saturated heterocycles. The molecular formula is C7H10ClFN2. The summed E-state index contributed by atoms with van der Waals surface area (Å²) in [5.74, 6) is 4.82. The van der Waals surface area contributed by atoms with E-state index in [9.17, 15) is 4.39 Å². The molecule has 0 fully saturated rings. The van der Waals surface area contributed by atoms with Gasteiger partial charge in [0.05, 0.1) is 5.69 Å². The molecule has 1 rings (SSSR count). The Hall–Kier alpha value is -0.800. The lowest BCUT2D eigenvalue weighted by Crippen LogP contribution is -2.08. The van der Waals surface area contributed by atoms with Crippen molar-refractivity contribution in [3.05, 3.63) is 29.6 Å². The molecule has 11 heavy (non-hydrogen) atoms. The highest BCUT2D eigenvalue weighted by Crippen LogP contribution is 2.13. The molecule has 0 saturated carbocycles. The van der Waals surface area contributed by atoms with E-state index in [0.717, 1.165) is 5.56 Å². The van der Waals surface area contributed by atoms with Gasteiger partial charge in [0.15, 0.2) is 0 Å². The molecule has 3 N–H and O–H groups in total. The number of hydrogen-bond donors (Lipinski definition) is 2. The Bertz CT molecular complexity index is 240. The smallest absolute Gasteiger partial charge is 0.125 e. The first-order valence-electron chi connectivity index (χ1n) is 2.97. The van der Waals surface area contributed by atoms with Crippen LogP contribution in [-0.4, -0.2) is 0 Å². The van der Waals surface area contributed by atoms with Crippen LogP contribution in [0.4, 0.5) is 10.1 Å². The molecule has 0 aliphatic rings. The summed E-state index contributed by atoms with van der Waals surface area (Å²) in [6.45, 7) is 1.86. The summed E-state index contributed by atoms with van der Waals surface area (Å²) in [6.07, 6.45) is 0. The highest BCUT2D eigenvalue weighted by Gasteiger charge is 1.95. The van der Waals surface area contributed by atoms with Gasteiger partial charge >= 0.3 is 0 Å². The Labute approximate surface area is 71.0 Å². The molecule has 0 aliphatic heterocycles. The second kappa shape index (κ2) is 4.16. The molecule has 0 spiro atoms. The van der Waals surface area contributed by atoms with Crippen molar-refractivity contribution in [2.75, 3.05) is 5.43 Å². The predicted octanol–water partition coefficient (Wildman–Crippen LogP) is 1.84. The fourth-order valence-corrected chi connectivity index (χ4v) is 0.750. The first-order chi connectivity index (χ1) is 4.74. The Morgan fingerprint density at radius 2 is 2.09 bits per heavy atom. The second-order valence-electron chi connectivity index (χ2n) is 2.10. The first-order valence-corrected chi connectivity index (χ1v) is 2.97. The number of nitrogen functional groups attached to an aromatic ring is 1. The van der Waals surface area contributed by atoms with Crippen molar-refractivity contribution in [3.63, 3.8) is 0 Å². The Morgan fingerprint density at radius 3 is 2.55 bits per heavy atom. The van der Waals surface area contributed by atoms with Gasteiger partial charge in [-0.25, -0.2) is 4.39 Å². The number of anilines is 1. The van der Waals surface area contributed by atoms with E-state index in [1.807, 2.05) is 6.92 Å². The zero-order valence-corrected chi connectivity index (χ0v) is 6.91. The number of benzene rings is 1. The van der Waals surface area contributed by atoms with Gasteiger partial charge in [-0.3, -0.25) is 5.84 Å². The number of aryl methyl sites for hydroxylation is 1. The minimum atomic E-state index is -0.279. The predicted molar refractivity (Wildman–Crippen MR) is 46.2 cm³/mol. The van der Waals surface area contributed by atoms with Crippen LogP contribution in [0.3, 0.4) is 0 Å². The van der Waals surface area contributed by atoms with Crippen molar-refractivity contribution in [3.8, 4) is 0 Å². The number of hydrazine groups is 1. The molecule has 0 aliphatic carbocycles. The van der Waals surface area contributed by atoms with Crippen molar-refractivity contribution in [1.29, 1.82) is 0 Å². The van der Waals surface area contributed by atoms with Gasteiger partial charge in [0, 0.05) is 0 Å². The van der Waals surface area contributed by atoms with E-state index in [1.54, 1.807) is 6.07 Å². The molecule has 0 aromatic heterocycles. The maximum atomic E-state index is 12.4. The van der Waals surface area contributed by atoms with E-state index in [4.69, 9.17) is 5.84 Å². The Kier molecular flexibility index (Phi) is 3.85. The van der Waals surface area contributed by atoms with E-state index in [1.165, 1.54) is 12.1 Å². The van der Waals surface area contributed by atoms with Gasteiger partial charge in [-0.05, 0) is 24.6 Å². The summed E-state index contributed by atoms with van der Waals surface area (Å²) in [5.41, 5.74) is 3.96. The lowest BCUT2D eigenvalue weighted by Gasteiger charge is -2.02. The lowest BCUT2D eigenvalue weighted by atomic mass is 10.2. The standard InChI is InChI=1S/C7H9FN2.ClH/c1-5-2-3-6(8)4-7(5)10-9;/h2-4,10H,9H2,1H3;1H. The van der Waals surface area contributed by atoms with Crippen LogP contribution in [0.2, 0.25) is 0 Å². The van der Waals surface area contributed by atoms with Gasteiger partial charge in [0.1, 0.15) is 5.82 Å². The summed E-state index contributed by atoms with van der Waals surface area (Å²) >= 11 is 0. The van der Waals surface area contributed by atoms with Crippen LogP contribution in [0, 0.1) is 12.7 Å². The largest absolute Gasteiger partial charge is 0.324 e. The molecule has 1 aromatic carbocycles. The van der Waals surface area contributed by atoms with Gasteiger partial charge in [0.2, 0.25) is 0 Å². The fraction of sp³-hybridized carbons (Fsp3) is 0.143. The Morgan fingerprint density at radius 1 is 1.45 bits per heavy atom. The van der Waals surface area contributed by atoms with E-state index >= 15 is 0 Å². The maximum absolute atomic E-state index is 12.4. The quantitative estimate of drug-likeness (QED) is 0.506. The molecule has 0 radical (unpaired) electrons. The van der Waals surface area contributed by atoms with Crippen molar-refractivity contribution in [2.45, 2.75) is 6.92 Å². The third-order valence-corrected chi connectivity index (χ3v) is 1.36. The Balaban J connectivity index is 0.000001000.